The summed E-state index contributed by atoms with van der Waals surface area (Å²) in [4.78, 5) is 14.9. The Balaban J connectivity index is 2.63. The summed E-state index contributed by atoms with van der Waals surface area (Å²) in [7, 11) is 0. The molecule has 1 rings (SSSR count). The minimum absolute atomic E-state index is 0.164. The Morgan fingerprint density at radius 2 is 2.20 bits per heavy atom. The zero-order valence-corrected chi connectivity index (χ0v) is 9.18. The van der Waals surface area contributed by atoms with Crippen molar-refractivity contribution in [2.24, 2.45) is 11.8 Å². The Bertz CT molecular complexity index is 309. The highest BCUT2D eigenvalue weighted by Gasteiger charge is 2.17. The van der Waals surface area contributed by atoms with Gasteiger partial charge in [-0.3, -0.25) is 9.78 Å². The number of hydrogen-bond acceptors (Lipinski definition) is 2. The Kier molecular flexibility index (Phi) is 4.28. The fourth-order valence-electron chi connectivity index (χ4n) is 1.56. The highest BCUT2D eigenvalue weighted by atomic mass is 16.4. The summed E-state index contributed by atoms with van der Waals surface area (Å²) in [6, 6.07) is 5.74. The molecular weight excluding hydrogens is 190 g/mol. The molecule has 0 radical (unpaired) electrons. The van der Waals surface area contributed by atoms with Gasteiger partial charge >= 0.3 is 5.97 Å². The molecular formula is C12H17NO2. The van der Waals surface area contributed by atoms with Gasteiger partial charge in [0.1, 0.15) is 0 Å². The summed E-state index contributed by atoms with van der Waals surface area (Å²) in [6.45, 7) is 4.10. The number of aliphatic carboxylic acids is 1. The molecule has 0 aliphatic heterocycles. The Labute approximate surface area is 90.2 Å². The first-order valence-electron chi connectivity index (χ1n) is 5.21. The first kappa shape index (κ1) is 11.7. The van der Waals surface area contributed by atoms with Gasteiger partial charge in [-0.25, -0.2) is 0 Å². The summed E-state index contributed by atoms with van der Waals surface area (Å²) < 4.78 is 0. The highest BCUT2D eigenvalue weighted by Crippen LogP contribution is 2.19. The summed E-state index contributed by atoms with van der Waals surface area (Å²) in [5.41, 5.74) is 0.970. The van der Waals surface area contributed by atoms with Crippen LogP contribution in [0, 0.1) is 11.8 Å². The smallest absolute Gasteiger partial charge is 0.303 e. The monoisotopic (exact) mass is 207 g/mol. The van der Waals surface area contributed by atoms with Gasteiger partial charge in [0.15, 0.2) is 0 Å². The minimum atomic E-state index is -0.732. The van der Waals surface area contributed by atoms with Crippen molar-refractivity contribution in [3.63, 3.8) is 0 Å². The van der Waals surface area contributed by atoms with Crippen LogP contribution in [0.3, 0.4) is 0 Å². The van der Waals surface area contributed by atoms with Gasteiger partial charge in [0.05, 0.1) is 0 Å². The maximum absolute atomic E-state index is 10.7. The number of hydrogen-bond donors (Lipinski definition) is 1. The summed E-state index contributed by atoms with van der Waals surface area (Å²) in [5.74, 6) is -0.204. The Morgan fingerprint density at radius 3 is 2.67 bits per heavy atom. The molecule has 15 heavy (non-hydrogen) atoms. The van der Waals surface area contributed by atoms with E-state index in [1.54, 1.807) is 6.20 Å². The maximum Gasteiger partial charge on any atom is 0.303 e. The van der Waals surface area contributed by atoms with Gasteiger partial charge in [-0.15, -0.1) is 0 Å². The van der Waals surface area contributed by atoms with Crippen molar-refractivity contribution in [3.8, 4) is 0 Å². The third-order valence-electron chi connectivity index (χ3n) is 2.58. The molecule has 0 aliphatic carbocycles. The van der Waals surface area contributed by atoms with Gasteiger partial charge in [-0.05, 0) is 30.4 Å². The van der Waals surface area contributed by atoms with Crippen molar-refractivity contribution in [3.05, 3.63) is 30.1 Å². The predicted octanol–water partition coefficient (Wildman–Crippen LogP) is 2.37. The summed E-state index contributed by atoms with van der Waals surface area (Å²) in [5, 5.41) is 8.79. The van der Waals surface area contributed by atoms with Crippen LogP contribution in [0.4, 0.5) is 0 Å². The molecule has 0 aliphatic rings. The molecule has 0 saturated heterocycles. The number of aromatic nitrogens is 1. The van der Waals surface area contributed by atoms with Gasteiger partial charge in [-0.1, -0.05) is 19.9 Å². The van der Waals surface area contributed by atoms with Crippen molar-refractivity contribution in [1.82, 2.24) is 4.98 Å². The molecule has 0 saturated carbocycles. The molecule has 0 bridgehead atoms. The fraction of sp³-hybridized carbons (Fsp3) is 0.500. The van der Waals surface area contributed by atoms with Gasteiger partial charge < -0.3 is 5.11 Å². The van der Waals surface area contributed by atoms with E-state index in [0.29, 0.717) is 5.92 Å². The quantitative estimate of drug-likeness (QED) is 0.806. The second-order valence-electron chi connectivity index (χ2n) is 4.13. The molecule has 1 aromatic heterocycles. The predicted molar refractivity (Wildman–Crippen MR) is 58.5 cm³/mol. The van der Waals surface area contributed by atoms with E-state index in [-0.39, 0.29) is 12.3 Å². The third-order valence-corrected chi connectivity index (χ3v) is 2.58. The average Bonchev–Trinajstić information content (AvgIpc) is 2.17. The van der Waals surface area contributed by atoms with E-state index in [4.69, 9.17) is 5.11 Å². The van der Waals surface area contributed by atoms with Crippen LogP contribution in [0.15, 0.2) is 24.4 Å². The summed E-state index contributed by atoms with van der Waals surface area (Å²) in [6.07, 6.45) is 2.70. The fourth-order valence-corrected chi connectivity index (χ4v) is 1.56. The van der Waals surface area contributed by atoms with Crippen LogP contribution in [-0.4, -0.2) is 16.1 Å². The van der Waals surface area contributed by atoms with E-state index >= 15 is 0 Å². The Hall–Kier alpha value is -1.38. The van der Waals surface area contributed by atoms with Crippen LogP contribution in [0.25, 0.3) is 0 Å². The van der Waals surface area contributed by atoms with E-state index in [1.165, 1.54) is 0 Å². The van der Waals surface area contributed by atoms with Crippen molar-refractivity contribution in [2.75, 3.05) is 0 Å². The third kappa shape index (κ3) is 4.11. The van der Waals surface area contributed by atoms with Crippen molar-refractivity contribution >= 4 is 5.97 Å². The van der Waals surface area contributed by atoms with E-state index < -0.39 is 5.97 Å². The first-order chi connectivity index (χ1) is 7.09. The van der Waals surface area contributed by atoms with Crippen LogP contribution >= 0.6 is 0 Å². The molecule has 1 aromatic rings. The number of nitrogens with zero attached hydrogens (tertiary/aromatic N) is 1. The van der Waals surface area contributed by atoms with Crippen LogP contribution in [0.1, 0.15) is 26.0 Å². The van der Waals surface area contributed by atoms with E-state index in [0.717, 1.165) is 12.1 Å². The molecule has 1 heterocycles. The molecule has 0 aromatic carbocycles. The first-order valence-corrected chi connectivity index (χ1v) is 5.21. The Morgan fingerprint density at radius 1 is 1.47 bits per heavy atom. The lowest BCUT2D eigenvalue weighted by Crippen LogP contribution is -2.17. The van der Waals surface area contributed by atoms with Crippen LogP contribution in [0.5, 0.6) is 0 Å². The van der Waals surface area contributed by atoms with Gasteiger partial charge in [0.2, 0.25) is 0 Å². The van der Waals surface area contributed by atoms with Crippen molar-refractivity contribution in [1.29, 1.82) is 0 Å². The van der Waals surface area contributed by atoms with Crippen LogP contribution < -0.4 is 0 Å². The normalized spacial score (nSPS) is 12.7. The van der Waals surface area contributed by atoms with E-state index in [9.17, 15) is 4.79 Å². The van der Waals surface area contributed by atoms with Crippen LogP contribution in [-0.2, 0) is 11.2 Å². The number of carbonyl (C=O) groups is 1. The number of pyridine rings is 1. The molecule has 1 atom stereocenters. The zero-order valence-electron chi connectivity index (χ0n) is 9.18. The number of rotatable bonds is 5. The van der Waals surface area contributed by atoms with Crippen molar-refractivity contribution < 1.29 is 9.90 Å². The molecule has 0 amide bonds. The topological polar surface area (TPSA) is 50.2 Å². The highest BCUT2D eigenvalue weighted by molar-refractivity contribution is 5.67. The van der Waals surface area contributed by atoms with E-state index in [2.05, 4.69) is 18.8 Å². The molecule has 0 fully saturated rings. The van der Waals surface area contributed by atoms with E-state index in [1.807, 2.05) is 18.2 Å². The minimum Gasteiger partial charge on any atom is -0.481 e. The molecule has 82 valence electrons. The molecule has 3 heteroatoms. The van der Waals surface area contributed by atoms with Gasteiger partial charge in [0.25, 0.3) is 0 Å². The lowest BCUT2D eigenvalue weighted by Gasteiger charge is -2.18. The van der Waals surface area contributed by atoms with Crippen molar-refractivity contribution in [2.45, 2.75) is 26.7 Å². The summed E-state index contributed by atoms with van der Waals surface area (Å²) >= 11 is 0. The largest absolute Gasteiger partial charge is 0.481 e. The second kappa shape index (κ2) is 5.49. The standard InChI is InChI=1S/C12H17NO2/c1-9(2)10(8-12(14)15)7-11-5-3-4-6-13-11/h3-6,9-10H,7-8H2,1-2H3,(H,14,15). The maximum atomic E-state index is 10.7. The molecule has 1 N–H and O–H groups in total. The number of carboxylic acids is 1. The number of carboxylic acid groups (broad SMARTS) is 1. The SMILES string of the molecule is CC(C)C(CC(=O)O)Cc1ccccn1. The van der Waals surface area contributed by atoms with Crippen LogP contribution in [0.2, 0.25) is 0 Å². The lowest BCUT2D eigenvalue weighted by atomic mass is 9.88. The van der Waals surface area contributed by atoms with Gasteiger partial charge in [0, 0.05) is 18.3 Å². The molecule has 0 spiro atoms. The molecule has 1 unspecified atom stereocenters. The van der Waals surface area contributed by atoms with Gasteiger partial charge in [-0.2, -0.15) is 0 Å². The zero-order chi connectivity index (χ0) is 11.3. The average molecular weight is 207 g/mol. The lowest BCUT2D eigenvalue weighted by molar-refractivity contribution is -0.138. The second-order valence-corrected chi connectivity index (χ2v) is 4.13. The molecule has 3 nitrogen and oxygen atoms in total.